The van der Waals surface area contributed by atoms with Crippen LogP contribution in [-0.4, -0.2) is 0 Å². The molecule has 4 aliphatic carbocycles. The minimum atomic E-state index is 0. The molecule has 0 heterocycles. The zero-order valence-corrected chi connectivity index (χ0v) is 19.4. The van der Waals surface area contributed by atoms with Crippen molar-refractivity contribution in [3.63, 3.8) is 0 Å². The van der Waals surface area contributed by atoms with Gasteiger partial charge in [-0.3, -0.25) is 0 Å². The van der Waals surface area contributed by atoms with Crippen molar-refractivity contribution >= 4 is 0 Å². The third kappa shape index (κ3) is 4.01. The Morgan fingerprint density at radius 3 is 2.31 bits per heavy atom. The highest BCUT2D eigenvalue weighted by Gasteiger charge is 2.60. The molecule has 164 valence electrons. The van der Waals surface area contributed by atoms with Crippen molar-refractivity contribution in [2.75, 3.05) is 0 Å². The molecule has 4 fully saturated rings. The molecule has 4 aliphatic rings. The second-order valence-electron chi connectivity index (χ2n) is 10.8. The standard InChI is InChI=1S/C24H38.C4H6.CH4/c1-6-16(2)20-12-13-21-19-11-10-18-9-7-8-14-23(18,4)22(19)17(3)15-24(20,21)5;1-3-4-2;/h18-22H,2-3,6-15H2,1,4-5H3;1-2H3;1H4. The van der Waals surface area contributed by atoms with Gasteiger partial charge in [0.15, 0.2) is 0 Å². The van der Waals surface area contributed by atoms with Crippen LogP contribution in [0.1, 0.15) is 106 Å². The summed E-state index contributed by atoms with van der Waals surface area (Å²) in [6.45, 7) is 20.4. The number of fused-ring (bicyclic) bond motifs is 5. The summed E-state index contributed by atoms with van der Waals surface area (Å²) < 4.78 is 0. The van der Waals surface area contributed by atoms with Crippen molar-refractivity contribution in [2.45, 2.75) is 106 Å². The summed E-state index contributed by atoms with van der Waals surface area (Å²) in [5, 5.41) is 0. The molecule has 0 aromatic heterocycles. The highest BCUT2D eigenvalue weighted by molar-refractivity contribution is 5.25. The molecule has 0 aliphatic heterocycles. The maximum Gasteiger partial charge on any atom is -0.00271 e. The summed E-state index contributed by atoms with van der Waals surface area (Å²) in [5.41, 5.74) is 4.18. The largest absolute Gasteiger partial charge is 0.107 e. The van der Waals surface area contributed by atoms with Crippen molar-refractivity contribution in [1.29, 1.82) is 0 Å². The van der Waals surface area contributed by atoms with Crippen molar-refractivity contribution in [2.24, 2.45) is 40.4 Å². The molecule has 0 saturated heterocycles. The van der Waals surface area contributed by atoms with E-state index in [2.05, 4.69) is 39.2 Å². The predicted molar refractivity (Wildman–Crippen MR) is 130 cm³/mol. The molecule has 0 aromatic rings. The highest BCUT2D eigenvalue weighted by atomic mass is 14.6. The molecule has 0 amide bonds. The average Bonchev–Trinajstić information content (AvgIpc) is 3.03. The zero-order valence-electron chi connectivity index (χ0n) is 19.4. The van der Waals surface area contributed by atoms with E-state index in [-0.39, 0.29) is 7.43 Å². The van der Waals surface area contributed by atoms with Gasteiger partial charge in [-0.1, -0.05) is 65.3 Å². The van der Waals surface area contributed by atoms with Gasteiger partial charge in [0.1, 0.15) is 0 Å². The first-order chi connectivity index (χ1) is 13.3. The van der Waals surface area contributed by atoms with Crippen LogP contribution in [0.4, 0.5) is 0 Å². The van der Waals surface area contributed by atoms with Crippen LogP contribution in [0.25, 0.3) is 0 Å². The van der Waals surface area contributed by atoms with Crippen molar-refractivity contribution in [3.05, 3.63) is 24.3 Å². The summed E-state index contributed by atoms with van der Waals surface area (Å²) in [4.78, 5) is 0. The Kier molecular flexibility index (Phi) is 7.92. The Morgan fingerprint density at radius 2 is 1.69 bits per heavy atom. The number of rotatable bonds is 2. The van der Waals surface area contributed by atoms with Crippen LogP contribution < -0.4 is 0 Å². The average molecular weight is 397 g/mol. The molecule has 0 spiro atoms. The molecule has 0 radical (unpaired) electrons. The minimum Gasteiger partial charge on any atom is -0.107 e. The Labute approximate surface area is 183 Å². The van der Waals surface area contributed by atoms with Gasteiger partial charge in [-0.25, -0.2) is 0 Å². The monoisotopic (exact) mass is 396 g/mol. The summed E-state index contributed by atoms with van der Waals surface area (Å²) in [6, 6.07) is 0. The van der Waals surface area contributed by atoms with Crippen LogP contribution in [0.5, 0.6) is 0 Å². The summed E-state index contributed by atoms with van der Waals surface area (Å²) in [7, 11) is 0. The quantitative estimate of drug-likeness (QED) is 0.323. The summed E-state index contributed by atoms with van der Waals surface area (Å²) in [5.74, 6) is 9.77. The Hall–Kier alpha value is -0.960. The molecule has 7 unspecified atom stereocenters. The molecule has 0 N–H and O–H groups in total. The van der Waals surface area contributed by atoms with E-state index in [1.165, 1.54) is 63.4 Å². The Morgan fingerprint density at radius 1 is 1.00 bits per heavy atom. The van der Waals surface area contributed by atoms with E-state index in [4.69, 9.17) is 6.58 Å². The smallest absolute Gasteiger partial charge is 0.00271 e. The molecule has 0 aromatic carbocycles. The first kappa shape index (κ1) is 24.3. The fraction of sp³-hybridized carbons (Fsp3) is 0.793. The molecule has 29 heavy (non-hydrogen) atoms. The van der Waals surface area contributed by atoms with Gasteiger partial charge in [-0.05, 0) is 106 Å². The first-order valence-electron chi connectivity index (χ1n) is 12.0. The highest BCUT2D eigenvalue weighted by Crippen LogP contribution is 2.69. The lowest BCUT2D eigenvalue weighted by Gasteiger charge is -2.61. The van der Waals surface area contributed by atoms with Crippen LogP contribution in [0, 0.1) is 52.3 Å². The zero-order chi connectivity index (χ0) is 20.5. The van der Waals surface area contributed by atoms with E-state index in [9.17, 15) is 0 Å². The maximum atomic E-state index is 4.73. The van der Waals surface area contributed by atoms with E-state index < -0.39 is 0 Å². The van der Waals surface area contributed by atoms with Gasteiger partial charge in [0.05, 0.1) is 0 Å². The maximum absolute atomic E-state index is 4.73. The van der Waals surface area contributed by atoms with Gasteiger partial charge in [-0.15, -0.1) is 11.8 Å². The van der Waals surface area contributed by atoms with Gasteiger partial charge < -0.3 is 0 Å². The van der Waals surface area contributed by atoms with Crippen LogP contribution in [0.2, 0.25) is 0 Å². The minimum absolute atomic E-state index is 0. The Bertz CT molecular complexity index is 651. The Balaban J connectivity index is 0.000000552. The van der Waals surface area contributed by atoms with Crippen LogP contribution >= 0.6 is 0 Å². The van der Waals surface area contributed by atoms with Crippen LogP contribution in [-0.2, 0) is 0 Å². The van der Waals surface area contributed by atoms with Gasteiger partial charge >= 0.3 is 0 Å². The fourth-order valence-electron chi connectivity index (χ4n) is 8.30. The molecule has 0 nitrogen and oxygen atoms in total. The lowest BCUT2D eigenvalue weighted by atomic mass is 9.43. The molecule has 4 saturated carbocycles. The van der Waals surface area contributed by atoms with Crippen LogP contribution in [0.15, 0.2) is 24.3 Å². The first-order valence-corrected chi connectivity index (χ1v) is 12.0. The number of hydrogen-bond donors (Lipinski definition) is 0. The predicted octanol–water partition coefficient (Wildman–Crippen LogP) is 8.83. The lowest BCUT2D eigenvalue weighted by Crippen LogP contribution is -2.53. The summed E-state index contributed by atoms with van der Waals surface area (Å²) in [6.07, 6.45) is 14.2. The fourth-order valence-corrected chi connectivity index (χ4v) is 8.30. The molecular formula is C29H48. The van der Waals surface area contributed by atoms with Crippen molar-refractivity contribution < 1.29 is 0 Å². The van der Waals surface area contributed by atoms with Gasteiger partial charge in [0.25, 0.3) is 0 Å². The van der Waals surface area contributed by atoms with Crippen molar-refractivity contribution in [1.82, 2.24) is 0 Å². The van der Waals surface area contributed by atoms with E-state index in [1.54, 1.807) is 5.57 Å². The molecule has 4 rings (SSSR count). The van der Waals surface area contributed by atoms with Gasteiger partial charge in [-0.2, -0.15) is 0 Å². The molecule has 7 atom stereocenters. The van der Waals surface area contributed by atoms with E-state index >= 15 is 0 Å². The van der Waals surface area contributed by atoms with E-state index in [0.29, 0.717) is 10.8 Å². The lowest BCUT2D eigenvalue weighted by molar-refractivity contribution is -0.0783. The van der Waals surface area contributed by atoms with Gasteiger partial charge in [0.2, 0.25) is 0 Å². The SMILES string of the molecule is C.C=C(CC)C1CCC2C3CCC4CCCCC4(C)C3C(=C)CC12C.CC#CC. The van der Waals surface area contributed by atoms with Crippen LogP contribution in [0.3, 0.4) is 0 Å². The third-order valence-corrected chi connectivity index (χ3v) is 9.61. The molecule has 0 heteroatoms. The number of allylic oxidation sites excluding steroid dienone is 2. The second-order valence-corrected chi connectivity index (χ2v) is 10.8. The topological polar surface area (TPSA) is 0 Å². The van der Waals surface area contributed by atoms with Gasteiger partial charge in [0, 0.05) is 0 Å². The normalized spacial score (nSPS) is 42.5. The van der Waals surface area contributed by atoms with E-state index in [1.807, 2.05) is 13.8 Å². The van der Waals surface area contributed by atoms with Crippen molar-refractivity contribution in [3.8, 4) is 11.8 Å². The molecule has 0 bridgehead atoms. The third-order valence-electron chi connectivity index (χ3n) is 9.61. The second kappa shape index (κ2) is 9.45. The summed E-state index contributed by atoms with van der Waals surface area (Å²) >= 11 is 0. The van der Waals surface area contributed by atoms with E-state index in [0.717, 1.165) is 36.0 Å². The molecular weight excluding hydrogens is 348 g/mol. The number of hydrogen-bond acceptors (Lipinski definition) is 0.